The first kappa shape index (κ1) is 24.1. The van der Waals surface area contributed by atoms with Gasteiger partial charge < -0.3 is 10.6 Å². The summed E-state index contributed by atoms with van der Waals surface area (Å²) in [4.78, 5) is 19.1. The van der Waals surface area contributed by atoms with Crippen molar-refractivity contribution in [2.45, 2.75) is 31.0 Å². The van der Waals surface area contributed by atoms with Gasteiger partial charge in [-0.2, -0.15) is 0 Å². The van der Waals surface area contributed by atoms with E-state index in [9.17, 15) is 17.6 Å². The Morgan fingerprint density at radius 2 is 1.94 bits per heavy atom. The number of halogens is 1. The molecule has 1 atom stereocenters. The largest absolute Gasteiger partial charge is 0.337 e. The summed E-state index contributed by atoms with van der Waals surface area (Å²) in [6, 6.07) is 14.7. The number of rotatable bonds is 8. The fourth-order valence-corrected chi connectivity index (χ4v) is 5.34. The van der Waals surface area contributed by atoms with Gasteiger partial charge in [-0.3, -0.25) is 9.88 Å². The second-order valence-corrected chi connectivity index (χ2v) is 10.1. The van der Waals surface area contributed by atoms with Gasteiger partial charge in [0.2, 0.25) is 10.0 Å². The second kappa shape index (κ2) is 10.5. The number of sulfonamides is 1. The zero-order valence-electron chi connectivity index (χ0n) is 18.9. The van der Waals surface area contributed by atoms with Gasteiger partial charge in [0.05, 0.1) is 16.1 Å². The van der Waals surface area contributed by atoms with Gasteiger partial charge in [-0.05, 0) is 49.7 Å². The number of benzene rings is 2. The van der Waals surface area contributed by atoms with Crippen molar-refractivity contribution in [1.82, 2.24) is 19.9 Å². The highest BCUT2D eigenvalue weighted by atomic mass is 32.2. The number of fused-ring (bicyclic) bond motifs is 1. The molecule has 1 aliphatic heterocycles. The van der Waals surface area contributed by atoms with E-state index >= 15 is 0 Å². The lowest BCUT2D eigenvalue weighted by atomic mass is 10.1. The second-order valence-electron chi connectivity index (χ2n) is 8.39. The van der Waals surface area contributed by atoms with E-state index in [4.69, 9.17) is 0 Å². The molecule has 1 aliphatic rings. The van der Waals surface area contributed by atoms with Crippen LogP contribution in [0, 0.1) is 6.92 Å². The molecular formula is C24H28FN5O3S. The van der Waals surface area contributed by atoms with Gasteiger partial charge in [-0.1, -0.05) is 30.3 Å². The molecule has 0 radical (unpaired) electrons. The fourth-order valence-electron chi connectivity index (χ4n) is 4.08. The van der Waals surface area contributed by atoms with Gasteiger partial charge >= 0.3 is 6.03 Å². The first-order chi connectivity index (χ1) is 16.3. The number of para-hydroxylation sites is 1. The number of nitrogens with zero attached hydrogens (tertiary/aromatic N) is 2. The fraction of sp³-hybridized carbons (Fsp3) is 0.333. The molecule has 1 fully saturated rings. The molecule has 0 saturated carbocycles. The van der Waals surface area contributed by atoms with Gasteiger partial charge in [0.15, 0.2) is 0 Å². The Morgan fingerprint density at radius 3 is 2.71 bits per heavy atom. The van der Waals surface area contributed by atoms with Crippen molar-refractivity contribution >= 4 is 32.6 Å². The van der Waals surface area contributed by atoms with E-state index in [1.54, 1.807) is 0 Å². The van der Waals surface area contributed by atoms with Crippen molar-refractivity contribution in [2.24, 2.45) is 0 Å². The van der Waals surface area contributed by atoms with Crippen molar-refractivity contribution < 1.29 is 17.6 Å². The maximum Gasteiger partial charge on any atom is 0.319 e. The third kappa shape index (κ3) is 5.88. The van der Waals surface area contributed by atoms with Crippen LogP contribution in [-0.2, 0) is 16.7 Å². The van der Waals surface area contributed by atoms with E-state index < -0.39 is 16.7 Å². The van der Waals surface area contributed by atoms with Crippen LogP contribution in [0.15, 0.2) is 59.5 Å². The number of aromatic nitrogens is 1. The Balaban J connectivity index is 1.24. The summed E-state index contributed by atoms with van der Waals surface area (Å²) in [6.07, 6.45) is 0.677. The molecule has 2 heterocycles. The topological polar surface area (TPSA) is 103 Å². The normalized spacial score (nSPS) is 16.6. The van der Waals surface area contributed by atoms with Crippen LogP contribution in [0.25, 0.3) is 10.9 Å². The van der Waals surface area contributed by atoms with Gasteiger partial charge in [-0.25, -0.2) is 22.3 Å². The minimum absolute atomic E-state index is 0.125. The van der Waals surface area contributed by atoms with Crippen molar-refractivity contribution in [1.29, 1.82) is 0 Å². The monoisotopic (exact) mass is 485 g/mol. The van der Waals surface area contributed by atoms with Crippen molar-refractivity contribution in [2.75, 3.05) is 31.5 Å². The molecule has 0 aliphatic carbocycles. The van der Waals surface area contributed by atoms with E-state index in [1.165, 1.54) is 24.3 Å². The van der Waals surface area contributed by atoms with E-state index in [-0.39, 0.29) is 17.0 Å². The number of hydrogen-bond donors (Lipinski definition) is 3. The maximum absolute atomic E-state index is 12.7. The quantitative estimate of drug-likeness (QED) is 0.455. The highest BCUT2D eigenvalue weighted by Gasteiger charge is 2.27. The van der Waals surface area contributed by atoms with Gasteiger partial charge in [0, 0.05) is 36.8 Å². The molecule has 4 rings (SSSR count). The molecule has 0 spiro atoms. The van der Waals surface area contributed by atoms with E-state index in [0.717, 1.165) is 23.1 Å². The predicted molar refractivity (Wildman–Crippen MR) is 130 cm³/mol. The smallest absolute Gasteiger partial charge is 0.319 e. The molecule has 1 unspecified atom stereocenters. The minimum Gasteiger partial charge on any atom is -0.337 e. The predicted octanol–water partition coefficient (Wildman–Crippen LogP) is 3.19. The van der Waals surface area contributed by atoms with E-state index in [2.05, 4.69) is 25.2 Å². The maximum atomic E-state index is 12.7. The third-order valence-electron chi connectivity index (χ3n) is 5.79. The number of aryl methyl sites for hydroxylation is 1. The molecule has 1 aromatic heterocycles. The number of carbonyl (C=O) groups excluding carboxylic acids is 1. The van der Waals surface area contributed by atoms with Crippen LogP contribution in [0.2, 0.25) is 0 Å². The molecule has 0 bridgehead atoms. The van der Waals surface area contributed by atoms with Crippen molar-refractivity contribution in [3.63, 3.8) is 0 Å². The molecule has 2 aromatic carbocycles. The number of urea groups is 1. The highest BCUT2D eigenvalue weighted by Crippen LogP contribution is 2.22. The zero-order valence-corrected chi connectivity index (χ0v) is 19.7. The van der Waals surface area contributed by atoms with Gasteiger partial charge in [0.1, 0.15) is 6.67 Å². The molecule has 8 nitrogen and oxygen atoms in total. The van der Waals surface area contributed by atoms with Crippen molar-refractivity contribution in [3.05, 3.63) is 65.9 Å². The Hall–Kier alpha value is -3.08. The molecular weight excluding hydrogens is 457 g/mol. The number of alkyl halides is 1. The Labute approximate surface area is 198 Å². The summed E-state index contributed by atoms with van der Waals surface area (Å²) in [5.74, 6) is 0. The lowest BCUT2D eigenvalue weighted by molar-refractivity contribution is 0.249. The van der Waals surface area contributed by atoms with Crippen LogP contribution < -0.4 is 15.4 Å². The van der Waals surface area contributed by atoms with Crippen LogP contribution >= 0.6 is 0 Å². The standard InChI is InChI=1S/C24H28FN5O3S/c1-17-14-23(21-4-2-3-5-22(21)27-17)28-24(31)26-11-13-30-12-10-19(16-30)29-34(32,33)20-8-6-18(15-25)7-9-20/h2-9,14,19,29H,10-13,15-16H2,1H3,(H2,26,27,28,31). The average Bonchev–Trinajstić information content (AvgIpc) is 3.25. The van der Waals surface area contributed by atoms with Crippen LogP contribution in [-0.4, -0.2) is 56.6 Å². The number of nitrogens with one attached hydrogen (secondary N) is 3. The number of likely N-dealkylation sites (tertiary alicyclic amines) is 1. The molecule has 3 aromatic rings. The third-order valence-corrected chi connectivity index (χ3v) is 7.32. The zero-order chi connectivity index (χ0) is 24.1. The molecule has 34 heavy (non-hydrogen) atoms. The summed E-state index contributed by atoms with van der Waals surface area (Å²) >= 11 is 0. The van der Waals surface area contributed by atoms with Crippen LogP contribution in [0.1, 0.15) is 17.7 Å². The van der Waals surface area contributed by atoms with Crippen LogP contribution in [0.4, 0.5) is 14.9 Å². The number of anilines is 1. The van der Waals surface area contributed by atoms with Crippen LogP contribution in [0.5, 0.6) is 0 Å². The molecule has 180 valence electrons. The first-order valence-electron chi connectivity index (χ1n) is 11.1. The Kier molecular flexibility index (Phi) is 7.40. The number of amides is 2. The molecule has 1 saturated heterocycles. The number of hydrogen-bond acceptors (Lipinski definition) is 5. The van der Waals surface area contributed by atoms with E-state index in [1.807, 2.05) is 37.3 Å². The lowest BCUT2D eigenvalue weighted by Gasteiger charge is -2.17. The van der Waals surface area contributed by atoms with Crippen LogP contribution in [0.3, 0.4) is 0 Å². The number of pyridine rings is 1. The first-order valence-corrected chi connectivity index (χ1v) is 12.6. The lowest BCUT2D eigenvalue weighted by Crippen LogP contribution is -2.39. The summed E-state index contributed by atoms with van der Waals surface area (Å²) in [6.45, 7) is 3.57. The number of carbonyl (C=O) groups is 1. The molecule has 3 N–H and O–H groups in total. The van der Waals surface area contributed by atoms with Gasteiger partial charge in [0.25, 0.3) is 0 Å². The highest BCUT2D eigenvalue weighted by molar-refractivity contribution is 7.89. The average molecular weight is 486 g/mol. The summed E-state index contributed by atoms with van der Waals surface area (Å²) in [5.41, 5.74) is 2.78. The molecule has 2 amide bonds. The Bertz CT molecular complexity index is 1270. The molecule has 10 heteroatoms. The van der Waals surface area contributed by atoms with Gasteiger partial charge in [-0.15, -0.1) is 0 Å². The SMILES string of the molecule is Cc1cc(NC(=O)NCCN2CCC(NS(=O)(=O)c3ccc(CF)cc3)C2)c2ccccc2n1. The van der Waals surface area contributed by atoms with Crippen molar-refractivity contribution in [3.8, 4) is 0 Å². The Morgan fingerprint density at radius 1 is 1.18 bits per heavy atom. The van der Waals surface area contributed by atoms with E-state index in [0.29, 0.717) is 37.3 Å². The summed E-state index contributed by atoms with van der Waals surface area (Å²) < 4.78 is 40.6. The summed E-state index contributed by atoms with van der Waals surface area (Å²) in [5, 5.41) is 6.63. The minimum atomic E-state index is -3.67. The summed E-state index contributed by atoms with van der Waals surface area (Å²) in [7, 11) is -3.67.